The molecule has 1 aromatic heterocycles. The zero-order chi connectivity index (χ0) is 25.1. The quantitative estimate of drug-likeness (QED) is 0.590. The summed E-state index contributed by atoms with van der Waals surface area (Å²) in [5.41, 5.74) is -3.06. The summed E-state index contributed by atoms with van der Waals surface area (Å²) in [6.07, 6.45) is 1.91. The summed E-state index contributed by atoms with van der Waals surface area (Å²) < 4.78 is 41.4. The number of halogens is 4. The van der Waals surface area contributed by atoms with Gasteiger partial charge in [-0.1, -0.05) is 29.3 Å². The van der Waals surface area contributed by atoms with Crippen molar-refractivity contribution in [2.24, 2.45) is 0 Å². The minimum atomic E-state index is -2.79. The van der Waals surface area contributed by atoms with Crippen LogP contribution in [0.4, 0.5) is 18.9 Å². The third-order valence-electron chi connectivity index (χ3n) is 6.07. The smallest absolute Gasteiger partial charge is 0.278 e. The first-order valence-corrected chi connectivity index (χ1v) is 11.1. The molecule has 1 aromatic carbocycles. The van der Waals surface area contributed by atoms with E-state index in [0.29, 0.717) is 0 Å². The van der Waals surface area contributed by atoms with Gasteiger partial charge in [-0.05, 0) is 44.9 Å². The summed E-state index contributed by atoms with van der Waals surface area (Å²) >= 11 is 5.54. The highest BCUT2D eigenvalue weighted by molar-refractivity contribution is 6.32. The third kappa shape index (κ3) is 5.33. The fraction of sp³-hybridized carbons (Fsp3) is 0.417. The fourth-order valence-corrected chi connectivity index (χ4v) is 4.13. The summed E-state index contributed by atoms with van der Waals surface area (Å²) in [6.45, 7) is 3.20. The van der Waals surface area contributed by atoms with Crippen LogP contribution in [0.1, 0.15) is 49.3 Å². The summed E-state index contributed by atoms with van der Waals surface area (Å²) in [5.74, 6) is -4.72. The molecule has 0 bridgehead atoms. The monoisotopic (exact) mass is 492 g/mol. The van der Waals surface area contributed by atoms with E-state index in [1.807, 2.05) is 13.0 Å². The van der Waals surface area contributed by atoms with E-state index in [-0.39, 0.29) is 42.5 Å². The van der Waals surface area contributed by atoms with Crippen molar-refractivity contribution in [3.8, 4) is 6.07 Å². The van der Waals surface area contributed by atoms with Gasteiger partial charge in [-0.25, -0.2) is 13.2 Å². The first kappa shape index (κ1) is 25.5. The Labute approximate surface area is 200 Å². The number of nitrogens with one attached hydrogen (secondary N) is 1. The van der Waals surface area contributed by atoms with E-state index in [1.54, 1.807) is 24.3 Å². The number of hydrogen-bond donors (Lipinski definition) is 1. The van der Waals surface area contributed by atoms with Gasteiger partial charge in [0.2, 0.25) is 5.92 Å². The van der Waals surface area contributed by atoms with Crippen molar-refractivity contribution < 1.29 is 22.8 Å². The summed E-state index contributed by atoms with van der Waals surface area (Å²) in [7, 11) is 0. The van der Waals surface area contributed by atoms with Gasteiger partial charge in [0.1, 0.15) is 6.07 Å². The van der Waals surface area contributed by atoms with E-state index in [9.17, 15) is 28.0 Å². The molecule has 0 saturated heterocycles. The molecule has 1 fully saturated rings. The molecule has 0 aliphatic heterocycles. The number of aromatic nitrogens is 1. The van der Waals surface area contributed by atoms with Crippen molar-refractivity contribution in [2.75, 3.05) is 4.90 Å². The van der Waals surface area contributed by atoms with Gasteiger partial charge in [0.25, 0.3) is 17.4 Å². The van der Waals surface area contributed by atoms with Gasteiger partial charge < -0.3 is 5.32 Å². The number of carbonyl (C=O) groups is 2. The van der Waals surface area contributed by atoms with Crippen LogP contribution in [0.25, 0.3) is 0 Å². The van der Waals surface area contributed by atoms with Gasteiger partial charge in [0, 0.05) is 42.5 Å². The molecule has 34 heavy (non-hydrogen) atoms. The molecule has 2 atom stereocenters. The molecular formula is C24H24ClF3N4O2. The maximum atomic E-state index is 14.2. The van der Waals surface area contributed by atoms with E-state index >= 15 is 0 Å². The lowest BCUT2D eigenvalue weighted by atomic mass is 9.86. The van der Waals surface area contributed by atoms with Crippen LogP contribution in [0.3, 0.4) is 0 Å². The minimum absolute atomic E-state index is 0.0467. The summed E-state index contributed by atoms with van der Waals surface area (Å²) in [4.78, 5) is 31.7. The molecule has 3 rings (SSSR count). The number of nitriles is 1. The Morgan fingerprint density at radius 2 is 1.88 bits per heavy atom. The Bertz CT molecular complexity index is 1090. The van der Waals surface area contributed by atoms with Crippen LogP contribution in [-0.2, 0) is 15.1 Å². The van der Waals surface area contributed by atoms with Gasteiger partial charge in [-0.3, -0.25) is 19.5 Å². The van der Waals surface area contributed by atoms with Gasteiger partial charge >= 0.3 is 0 Å². The van der Waals surface area contributed by atoms with Crippen LogP contribution in [0.15, 0.2) is 42.7 Å². The predicted octanol–water partition coefficient (Wildman–Crippen LogP) is 4.74. The van der Waals surface area contributed by atoms with Gasteiger partial charge in [0.15, 0.2) is 5.54 Å². The number of rotatable bonds is 6. The second-order valence-electron chi connectivity index (χ2n) is 8.56. The second-order valence-corrected chi connectivity index (χ2v) is 8.94. The Balaban J connectivity index is 2.12. The average molecular weight is 493 g/mol. The maximum Gasteiger partial charge on any atom is 0.278 e. The van der Waals surface area contributed by atoms with Crippen LogP contribution < -0.4 is 10.2 Å². The molecule has 1 aliphatic carbocycles. The van der Waals surface area contributed by atoms with Crippen molar-refractivity contribution in [3.63, 3.8) is 0 Å². The zero-order valence-corrected chi connectivity index (χ0v) is 19.5. The molecular weight excluding hydrogens is 469 g/mol. The molecule has 1 heterocycles. The molecule has 2 aromatic rings. The fourth-order valence-electron chi connectivity index (χ4n) is 4.04. The standard InChI is InChI=1S/C24H24ClF3N4O2/c1-15-3-5-19(6-4-15)32(21(33)20(25)26)23(2,17-11-16(12-29)13-30-14-17)22(34)31-18-7-9-24(27,28)10-8-18/h3-6,11,13-14,18,20H,7-10H2,1-2H3,(H,31,34)/t20-,23-/m0/s1. The van der Waals surface area contributed by atoms with Crippen LogP contribution in [0, 0.1) is 18.3 Å². The molecule has 1 saturated carbocycles. The highest BCUT2D eigenvalue weighted by Gasteiger charge is 2.48. The van der Waals surface area contributed by atoms with Crippen LogP contribution in [0.2, 0.25) is 0 Å². The van der Waals surface area contributed by atoms with E-state index in [2.05, 4.69) is 10.3 Å². The highest BCUT2D eigenvalue weighted by atomic mass is 35.5. The molecule has 6 nitrogen and oxygen atoms in total. The van der Waals surface area contributed by atoms with E-state index in [4.69, 9.17) is 11.6 Å². The van der Waals surface area contributed by atoms with E-state index < -0.39 is 34.9 Å². The molecule has 10 heteroatoms. The zero-order valence-electron chi connectivity index (χ0n) is 18.7. The number of benzene rings is 1. The number of alkyl halides is 4. The van der Waals surface area contributed by atoms with Crippen molar-refractivity contribution in [3.05, 3.63) is 59.4 Å². The van der Waals surface area contributed by atoms with Crippen LogP contribution in [-0.4, -0.2) is 34.4 Å². The number of hydrogen-bond acceptors (Lipinski definition) is 4. The average Bonchev–Trinajstić information content (AvgIpc) is 2.81. The molecule has 0 unspecified atom stereocenters. The maximum absolute atomic E-state index is 14.2. The molecule has 1 aliphatic rings. The van der Waals surface area contributed by atoms with Crippen molar-refractivity contribution >= 4 is 29.1 Å². The molecule has 0 radical (unpaired) electrons. The normalized spacial score (nSPS) is 18.3. The number of pyridine rings is 1. The number of nitrogens with zero attached hydrogens (tertiary/aromatic N) is 3. The Morgan fingerprint density at radius 3 is 2.44 bits per heavy atom. The topological polar surface area (TPSA) is 86.1 Å². The lowest BCUT2D eigenvalue weighted by Gasteiger charge is -2.41. The number of aryl methyl sites for hydroxylation is 1. The van der Waals surface area contributed by atoms with Crippen molar-refractivity contribution in [1.29, 1.82) is 5.26 Å². The first-order valence-electron chi connectivity index (χ1n) is 10.7. The Kier molecular flexibility index (Phi) is 7.51. The van der Waals surface area contributed by atoms with E-state index in [1.165, 1.54) is 25.4 Å². The second kappa shape index (κ2) is 10.0. The Hall–Kier alpha value is -3.12. The molecule has 0 spiro atoms. The molecule has 2 amide bonds. The third-order valence-corrected chi connectivity index (χ3v) is 6.26. The van der Waals surface area contributed by atoms with Gasteiger partial charge in [-0.2, -0.15) is 5.26 Å². The summed E-state index contributed by atoms with van der Waals surface area (Å²) in [6, 6.07) is 9.19. The number of amides is 2. The minimum Gasteiger partial charge on any atom is -0.351 e. The van der Waals surface area contributed by atoms with Crippen LogP contribution in [0.5, 0.6) is 0 Å². The number of carbonyl (C=O) groups excluding carboxylic acids is 2. The van der Waals surface area contributed by atoms with E-state index in [0.717, 1.165) is 10.5 Å². The highest BCUT2D eigenvalue weighted by Crippen LogP contribution is 2.37. The van der Waals surface area contributed by atoms with Gasteiger partial charge in [-0.15, -0.1) is 0 Å². The summed E-state index contributed by atoms with van der Waals surface area (Å²) in [5, 5.41) is 12.1. The number of anilines is 1. The lowest BCUT2D eigenvalue weighted by molar-refractivity contribution is -0.132. The van der Waals surface area contributed by atoms with Crippen LogP contribution >= 0.6 is 11.6 Å². The first-order chi connectivity index (χ1) is 16.0. The van der Waals surface area contributed by atoms with Gasteiger partial charge in [0.05, 0.1) is 5.56 Å². The predicted molar refractivity (Wildman–Crippen MR) is 121 cm³/mol. The SMILES string of the molecule is Cc1ccc(N(C(=O)[C@H](F)Cl)[C@](C)(C(=O)NC2CCC(F)(F)CC2)c2cncc(C#N)c2)cc1. The lowest BCUT2D eigenvalue weighted by Crippen LogP contribution is -2.60. The van der Waals surface area contributed by atoms with Crippen molar-refractivity contribution in [2.45, 2.75) is 62.7 Å². The Morgan fingerprint density at radius 1 is 1.26 bits per heavy atom. The molecule has 1 N–H and O–H groups in total. The largest absolute Gasteiger partial charge is 0.351 e. The molecule has 180 valence electrons. The van der Waals surface area contributed by atoms with Crippen molar-refractivity contribution in [1.82, 2.24) is 10.3 Å².